The zero-order valence-electron chi connectivity index (χ0n) is 17.2. The Morgan fingerprint density at radius 2 is 1.36 bits per heavy atom. The third-order valence-electron chi connectivity index (χ3n) is 2.72. The fourth-order valence-electron chi connectivity index (χ4n) is 1.49. The fourth-order valence-corrected chi connectivity index (χ4v) is 4.97. The Labute approximate surface area is 207 Å². The van der Waals surface area contributed by atoms with E-state index in [1.165, 1.54) is 45.3 Å². The van der Waals surface area contributed by atoms with Gasteiger partial charge in [0.2, 0.25) is 0 Å². The monoisotopic (exact) mass is 1410 g/mol. The summed E-state index contributed by atoms with van der Waals surface area (Å²) >= 11 is 12.3. The molecule has 0 fully saturated rings. The Morgan fingerprint density at radius 3 is 1.61 bits per heavy atom. The molecular weight excluding hydrogens is 1390 g/mol. The second-order valence-corrected chi connectivity index (χ2v) is 11.7. The standard InChI is InChI=1S/C5H4BrOS.C5H2BrOS.C5H5OS.C5H4OS.3Rf/c2*6-5-2-1-4(3-7)8-5;2*6-4-5-2-1-3-7-5;;;/h1-3,7H;1-2H;1-4,6H;1-4H;;;/q3*-1;;;;. The zero-order chi connectivity index (χ0) is 22.2. The molecule has 0 radical (unpaired) electrons. The first kappa shape index (κ1) is 33.4. The number of hydrogen-bond donors (Lipinski definition) is 2. The summed E-state index contributed by atoms with van der Waals surface area (Å²) in [5.41, 5.74) is 0. The van der Waals surface area contributed by atoms with Crippen LogP contribution < -0.4 is 0 Å². The van der Waals surface area contributed by atoms with Gasteiger partial charge in [-0.3, -0.25) is 4.79 Å². The smallest absolute Gasteiger partial charge is 0.159 e. The summed E-state index contributed by atoms with van der Waals surface area (Å²) in [4.78, 5) is 23.0. The first-order valence-electron chi connectivity index (χ1n) is 7.88. The maximum atomic E-state index is 9.88. The quantitative estimate of drug-likeness (QED) is 0.164. The van der Waals surface area contributed by atoms with Crippen molar-refractivity contribution >= 4 is 89.8 Å². The summed E-state index contributed by atoms with van der Waals surface area (Å²) in [7, 11) is 0. The number of hydrogen-bond acceptors (Lipinski definition) is 8. The maximum Gasteiger partial charge on any atom is 0.159 e. The molecule has 0 aliphatic rings. The van der Waals surface area contributed by atoms with Crippen LogP contribution in [0.25, 0.3) is 0 Å². The van der Waals surface area contributed by atoms with Gasteiger partial charge in [0.15, 0.2) is 6.29 Å². The predicted octanol–water partition coefficient (Wildman–Crippen LogP) is 7.55. The first-order chi connectivity index (χ1) is 14.5. The number of carbonyl (C=O) groups is 1. The normalized spacial score (nSPS) is 8.12. The largest absolute Gasteiger partial charge is 0.456 e. The molecule has 0 spiro atoms. The number of thiophene rings is 4. The molecule has 4 aromatic heterocycles. The van der Waals surface area contributed by atoms with E-state index in [0.29, 0.717) is 4.88 Å². The van der Waals surface area contributed by atoms with Gasteiger partial charge in [-0.1, -0.05) is 19.3 Å². The summed E-state index contributed by atoms with van der Waals surface area (Å²) < 4.78 is 2.01. The molecule has 4 aromatic rings. The second kappa shape index (κ2) is 19.7. The number of aliphatic hydroxyl groups excluding tert-OH is 2. The van der Waals surface area contributed by atoms with Gasteiger partial charge in [-0.05, 0) is 48.7 Å². The SMILES string of the molecule is O=Cc1cccs1.O=[C-]c1ccc(Br)s1.O[CH-]c1ccc(Br)s1.O[CH-]c1cccs1.[Rf].[Rf].[Rf]. The Balaban J connectivity index is -0.000000354. The molecule has 0 amide bonds. The van der Waals surface area contributed by atoms with Gasteiger partial charge in [0, 0.05) is 13.9 Å². The molecule has 2 N–H and O–H groups in total. The van der Waals surface area contributed by atoms with Gasteiger partial charge in [-0.2, -0.15) is 52.2 Å². The van der Waals surface area contributed by atoms with E-state index < -0.39 is 0 Å². The Hall–Kier alpha value is -4.24. The molecule has 0 unspecified atom stereocenters. The summed E-state index contributed by atoms with van der Waals surface area (Å²) in [6, 6.07) is 14.7. The molecule has 0 atom stereocenters. The summed E-state index contributed by atoms with van der Waals surface area (Å²) in [5, 5.41) is 20.5. The maximum absolute atomic E-state index is 9.88. The second-order valence-electron chi connectivity index (χ2n) is 4.75. The fraction of sp³-hybridized carbons (Fsp3) is 0. The van der Waals surface area contributed by atoms with Gasteiger partial charge >= 0.3 is 0 Å². The van der Waals surface area contributed by atoms with Gasteiger partial charge in [-0.15, -0.1) is 44.2 Å². The van der Waals surface area contributed by atoms with Gasteiger partial charge in [-0.25, -0.2) is 0 Å². The molecule has 4 heterocycles. The van der Waals surface area contributed by atoms with Crippen LogP contribution in [0.1, 0.15) is 24.3 Å². The van der Waals surface area contributed by atoms with Crippen molar-refractivity contribution in [2.24, 2.45) is 0 Å². The number of rotatable bonds is 4. The Morgan fingerprint density at radius 1 is 0.788 bits per heavy atom. The summed E-state index contributed by atoms with van der Waals surface area (Å²) in [6.45, 7) is 2.19. The molecule has 33 heavy (non-hydrogen) atoms. The molecule has 0 aliphatic carbocycles. The van der Waals surface area contributed by atoms with E-state index in [0.717, 1.165) is 41.7 Å². The number of aliphatic hydroxyl groups is 2. The van der Waals surface area contributed by atoms with Gasteiger partial charge in [0.05, 0.1) is 4.88 Å². The van der Waals surface area contributed by atoms with Crippen LogP contribution in [-0.4, -0.2) is 22.8 Å². The van der Waals surface area contributed by atoms with Crippen molar-refractivity contribution < 1.29 is 19.8 Å². The minimum Gasteiger partial charge on any atom is -0.456 e. The van der Waals surface area contributed by atoms with Crippen LogP contribution >= 0.6 is 77.2 Å². The third-order valence-corrected chi connectivity index (χ3v) is 7.41. The van der Waals surface area contributed by atoms with E-state index in [-0.39, 0.29) is 0 Å². The van der Waals surface area contributed by atoms with E-state index in [1.54, 1.807) is 18.4 Å². The van der Waals surface area contributed by atoms with E-state index in [4.69, 9.17) is 10.2 Å². The molecule has 4 rings (SSSR count). The van der Waals surface area contributed by atoms with Gasteiger partial charge in [0.25, 0.3) is 0 Å². The van der Waals surface area contributed by atoms with Crippen molar-refractivity contribution in [3.05, 3.63) is 99.6 Å². The Kier molecular flexibility index (Phi) is 19.9. The van der Waals surface area contributed by atoms with E-state index >= 15 is 0 Å². The molecule has 0 aromatic carbocycles. The third kappa shape index (κ3) is 14.4. The van der Waals surface area contributed by atoms with Crippen LogP contribution in [0.4, 0.5) is 0 Å². The topological polar surface area (TPSA) is 74.6 Å². The van der Waals surface area contributed by atoms with Gasteiger partial charge in [0.1, 0.15) is 0 Å². The summed E-state index contributed by atoms with van der Waals surface area (Å²) in [6.07, 6.45) is 2.64. The van der Waals surface area contributed by atoms with Crippen molar-refractivity contribution in [3.8, 4) is 0 Å². The average molecular weight is 1410 g/mol. The number of halogens is 2. The van der Waals surface area contributed by atoms with E-state index in [2.05, 4.69) is 31.9 Å². The predicted molar refractivity (Wildman–Crippen MR) is 134 cm³/mol. The molecular formula is C20H15Br2O4Rf3S4-3. The van der Waals surface area contributed by atoms with Crippen LogP contribution in [0, 0.1) is 13.2 Å². The first-order valence-corrected chi connectivity index (χ1v) is 12.9. The Bertz CT molecular complexity index is 962. The molecule has 4 nitrogen and oxygen atoms in total. The molecule has 0 aliphatic heterocycles. The van der Waals surface area contributed by atoms with Crippen LogP contribution in [-0.2, 0) is 4.79 Å². The zero-order valence-corrected chi connectivity index (χ0v) is 42.9. The van der Waals surface area contributed by atoms with E-state index in [1.807, 2.05) is 47.2 Å². The van der Waals surface area contributed by atoms with Crippen LogP contribution in [0.15, 0.2) is 66.9 Å². The van der Waals surface area contributed by atoms with Crippen molar-refractivity contribution in [1.29, 1.82) is 0 Å². The van der Waals surface area contributed by atoms with Crippen molar-refractivity contribution in [3.63, 3.8) is 0 Å². The van der Waals surface area contributed by atoms with Crippen molar-refractivity contribution in [2.45, 2.75) is 0 Å². The molecule has 13 heteroatoms. The van der Waals surface area contributed by atoms with E-state index in [9.17, 15) is 9.59 Å². The van der Waals surface area contributed by atoms with Crippen LogP contribution in [0.5, 0.6) is 0 Å². The molecule has 0 saturated heterocycles. The van der Waals surface area contributed by atoms with Crippen LogP contribution in [0.2, 0.25) is 0 Å². The number of carbonyl (C=O) groups excluding carboxylic acids is 2. The van der Waals surface area contributed by atoms with Crippen molar-refractivity contribution in [2.75, 3.05) is 0 Å². The molecule has 0 bridgehead atoms. The van der Waals surface area contributed by atoms with Crippen LogP contribution in [0.3, 0.4) is 0 Å². The summed E-state index contributed by atoms with van der Waals surface area (Å²) in [5.74, 6) is 0. The molecule has 166 valence electrons. The minimum absolute atomic E-state index is 0. The number of aldehydes is 1. The minimum atomic E-state index is 0. The van der Waals surface area contributed by atoms with Gasteiger partial charge < -0.3 is 15.0 Å². The van der Waals surface area contributed by atoms with Crippen molar-refractivity contribution in [1.82, 2.24) is 0 Å². The molecule has 0 saturated carbocycles. The average Bonchev–Trinajstić information content (AvgIpc) is 3.57.